The molecule has 5 rings (SSSR count). The number of thiophene rings is 1. The van der Waals surface area contributed by atoms with Gasteiger partial charge >= 0.3 is 0 Å². The lowest BCUT2D eigenvalue weighted by atomic mass is 10.0. The number of benzene rings is 1. The summed E-state index contributed by atoms with van der Waals surface area (Å²) in [4.78, 5) is 21.2. The summed E-state index contributed by atoms with van der Waals surface area (Å²) < 4.78 is 15.4. The standard InChI is InChI=1S/C24H29N5O3S.ClH/c1-27-21-18(11-16(13-20(21)32-3)23(30)28-7-4-5-17(25)14-28)26-22(27)19-12-15-6-10-33-24(15)29(19)8-9-31-2;/h6,10-13,17H,4-5,7-9,14,25H2,1-3H3;1H. The van der Waals surface area contributed by atoms with E-state index in [1.807, 2.05) is 28.6 Å². The first kappa shape index (κ1) is 24.5. The summed E-state index contributed by atoms with van der Waals surface area (Å²) in [6, 6.07) is 8.00. The topological polar surface area (TPSA) is 87.5 Å². The predicted octanol–water partition coefficient (Wildman–Crippen LogP) is 3.90. The summed E-state index contributed by atoms with van der Waals surface area (Å²) in [6.07, 6.45) is 1.88. The van der Waals surface area contributed by atoms with Crippen LogP contribution in [0.25, 0.3) is 32.8 Å². The van der Waals surface area contributed by atoms with Crippen molar-refractivity contribution in [3.63, 3.8) is 0 Å². The number of aryl methyl sites for hydroxylation is 1. The molecule has 3 aromatic heterocycles. The summed E-state index contributed by atoms with van der Waals surface area (Å²) in [5.41, 5.74) is 9.30. The molecule has 34 heavy (non-hydrogen) atoms. The second-order valence-electron chi connectivity index (χ2n) is 8.55. The van der Waals surface area contributed by atoms with E-state index in [0.717, 1.165) is 48.5 Å². The van der Waals surface area contributed by atoms with Gasteiger partial charge in [-0.15, -0.1) is 23.7 Å². The molecule has 0 bridgehead atoms. The van der Waals surface area contributed by atoms with Gasteiger partial charge in [-0.05, 0) is 42.5 Å². The summed E-state index contributed by atoms with van der Waals surface area (Å²) in [5, 5.41) is 3.28. The van der Waals surface area contributed by atoms with Crippen LogP contribution >= 0.6 is 23.7 Å². The van der Waals surface area contributed by atoms with Crippen molar-refractivity contribution >= 4 is 50.9 Å². The summed E-state index contributed by atoms with van der Waals surface area (Å²) in [6.45, 7) is 2.65. The molecule has 8 nitrogen and oxygen atoms in total. The molecule has 0 aliphatic carbocycles. The van der Waals surface area contributed by atoms with Gasteiger partial charge in [0.05, 0.1) is 24.9 Å². The van der Waals surface area contributed by atoms with Crippen molar-refractivity contribution in [1.82, 2.24) is 19.0 Å². The normalized spacial score (nSPS) is 16.2. The molecule has 0 spiro atoms. The van der Waals surface area contributed by atoms with Crippen molar-refractivity contribution in [1.29, 1.82) is 0 Å². The van der Waals surface area contributed by atoms with Gasteiger partial charge in [-0.25, -0.2) is 4.98 Å². The average Bonchev–Trinajstić information content (AvgIpc) is 3.50. The summed E-state index contributed by atoms with van der Waals surface area (Å²) in [7, 11) is 5.33. The Kier molecular flexibility index (Phi) is 7.18. The summed E-state index contributed by atoms with van der Waals surface area (Å²) in [5.74, 6) is 1.43. The van der Waals surface area contributed by atoms with E-state index in [0.29, 0.717) is 24.5 Å². The van der Waals surface area contributed by atoms with E-state index < -0.39 is 0 Å². The number of carbonyl (C=O) groups excluding carboxylic acids is 1. The van der Waals surface area contributed by atoms with Crippen molar-refractivity contribution in [2.45, 2.75) is 25.4 Å². The van der Waals surface area contributed by atoms with Gasteiger partial charge in [0.2, 0.25) is 0 Å². The van der Waals surface area contributed by atoms with E-state index in [2.05, 4.69) is 22.1 Å². The Labute approximate surface area is 208 Å². The zero-order chi connectivity index (χ0) is 23.1. The van der Waals surface area contributed by atoms with Crippen LogP contribution in [0.2, 0.25) is 0 Å². The first-order chi connectivity index (χ1) is 16.0. The maximum atomic E-state index is 13.2. The molecular weight excluding hydrogens is 474 g/mol. The number of carbonyl (C=O) groups is 1. The zero-order valence-electron chi connectivity index (χ0n) is 19.6. The molecule has 4 heterocycles. The average molecular weight is 504 g/mol. The van der Waals surface area contributed by atoms with E-state index >= 15 is 0 Å². The first-order valence-corrected chi connectivity index (χ1v) is 12.0. The minimum Gasteiger partial charge on any atom is -0.494 e. The predicted molar refractivity (Wildman–Crippen MR) is 138 cm³/mol. The third-order valence-electron chi connectivity index (χ3n) is 6.40. The van der Waals surface area contributed by atoms with Crippen LogP contribution in [-0.2, 0) is 18.3 Å². The van der Waals surface area contributed by atoms with E-state index in [-0.39, 0.29) is 24.4 Å². The third kappa shape index (κ3) is 4.17. The van der Waals surface area contributed by atoms with E-state index in [4.69, 9.17) is 20.2 Å². The van der Waals surface area contributed by atoms with Gasteiger partial charge in [0, 0.05) is 50.8 Å². The van der Waals surface area contributed by atoms with Crippen molar-refractivity contribution < 1.29 is 14.3 Å². The number of ether oxygens (including phenoxy) is 2. The van der Waals surface area contributed by atoms with Crippen LogP contribution in [-0.4, -0.2) is 64.9 Å². The maximum absolute atomic E-state index is 13.2. The number of halogens is 1. The number of nitrogens with zero attached hydrogens (tertiary/aromatic N) is 4. The Morgan fingerprint density at radius 1 is 1.29 bits per heavy atom. The minimum atomic E-state index is -0.0264. The number of piperidine rings is 1. The molecule has 4 aromatic rings. The first-order valence-electron chi connectivity index (χ1n) is 11.2. The molecule has 1 fully saturated rings. The van der Waals surface area contributed by atoms with Gasteiger partial charge in [0.25, 0.3) is 5.91 Å². The molecule has 1 unspecified atom stereocenters. The van der Waals surface area contributed by atoms with Crippen LogP contribution in [0.3, 0.4) is 0 Å². The molecule has 1 atom stereocenters. The molecule has 182 valence electrons. The number of amides is 1. The zero-order valence-corrected chi connectivity index (χ0v) is 21.2. The van der Waals surface area contributed by atoms with Crippen molar-refractivity contribution in [3.05, 3.63) is 35.2 Å². The van der Waals surface area contributed by atoms with Crippen LogP contribution < -0.4 is 10.5 Å². The Balaban J connectivity index is 0.00000274. The molecule has 2 N–H and O–H groups in total. The maximum Gasteiger partial charge on any atom is 0.254 e. The lowest BCUT2D eigenvalue weighted by molar-refractivity contribution is 0.0708. The Morgan fingerprint density at radius 2 is 2.12 bits per heavy atom. The lowest BCUT2D eigenvalue weighted by Gasteiger charge is -2.30. The highest BCUT2D eigenvalue weighted by atomic mass is 35.5. The van der Waals surface area contributed by atoms with Crippen LogP contribution in [0.15, 0.2) is 29.6 Å². The minimum absolute atomic E-state index is 0. The molecule has 1 aliphatic rings. The molecule has 1 aliphatic heterocycles. The third-order valence-corrected chi connectivity index (χ3v) is 7.35. The number of hydrogen-bond acceptors (Lipinski definition) is 6. The number of nitrogens with two attached hydrogens (primary N) is 1. The molecular formula is C24H30ClN5O3S. The van der Waals surface area contributed by atoms with Crippen LogP contribution in [0.5, 0.6) is 5.75 Å². The number of methoxy groups -OCH3 is 2. The number of likely N-dealkylation sites (tertiary alicyclic amines) is 1. The second kappa shape index (κ2) is 9.95. The van der Waals surface area contributed by atoms with E-state index in [1.165, 1.54) is 10.2 Å². The highest BCUT2D eigenvalue weighted by Crippen LogP contribution is 2.35. The van der Waals surface area contributed by atoms with Crippen molar-refractivity contribution in [2.24, 2.45) is 12.8 Å². The molecule has 0 radical (unpaired) electrons. The number of fused-ring (bicyclic) bond motifs is 2. The van der Waals surface area contributed by atoms with E-state index in [9.17, 15) is 4.79 Å². The molecule has 10 heteroatoms. The van der Waals surface area contributed by atoms with Gasteiger partial charge in [-0.2, -0.15) is 0 Å². The van der Waals surface area contributed by atoms with Crippen LogP contribution in [0, 0.1) is 0 Å². The van der Waals surface area contributed by atoms with Gasteiger partial charge in [-0.1, -0.05) is 0 Å². The summed E-state index contributed by atoms with van der Waals surface area (Å²) >= 11 is 1.71. The van der Waals surface area contributed by atoms with E-state index in [1.54, 1.807) is 25.6 Å². The number of imidazole rings is 1. The molecule has 0 saturated carbocycles. The van der Waals surface area contributed by atoms with Gasteiger partial charge in [0.1, 0.15) is 16.1 Å². The Morgan fingerprint density at radius 3 is 2.85 bits per heavy atom. The highest BCUT2D eigenvalue weighted by molar-refractivity contribution is 7.16. The van der Waals surface area contributed by atoms with Gasteiger partial charge in [-0.3, -0.25) is 4.79 Å². The molecule has 1 amide bonds. The van der Waals surface area contributed by atoms with Gasteiger partial charge < -0.3 is 29.2 Å². The monoisotopic (exact) mass is 503 g/mol. The fraction of sp³-hybridized carbons (Fsp3) is 0.417. The molecule has 1 aromatic carbocycles. The number of hydrogen-bond donors (Lipinski definition) is 1. The quantitative estimate of drug-likeness (QED) is 0.431. The van der Waals surface area contributed by atoms with Crippen molar-refractivity contribution in [2.75, 3.05) is 33.9 Å². The fourth-order valence-corrected chi connectivity index (χ4v) is 5.68. The Bertz CT molecular complexity index is 1330. The number of aromatic nitrogens is 3. The van der Waals surface area contributed by atoms with Crippen molar-refractivity contribution in [3.8, 4) is 17.3 Å². The second-order valence-corrected chi connectivity index (χ2v) is 9.44. The van der Waals surface area contributed by atoms with Crippen LogP contribution in [0.4, 0.5) is 0 Å². The largest absolute Gasteiger partial charge is 0.494 e. The smallest absolute Gasteiger partial charge is 0.254 e. The lowest BCUT2D eigenvalue weighted by Crippen LogP contribution is -2.45. The fourth-order valence-electron chi connectivity index (χ4n) is 4.76. The van der Waals surface area contributed by atoms with Gasteiger partial charge in [0.15, 0.2) is 5.82 Å². The number of rotatable bonds is 6. The van der Waals surface area contributed by atoms with Crippen LogP contribution in [0.1, 0.15) is 23.2 Å². The highest BCUT2D eigenvalue weighted by Gasteiger charge is 2.25. The Hall–Kier alpha value is -2.59. The SMILES string of the molecule is COCCn1c(-c2nc3cc(C(=O)N4CCCC(N)C4)cc(OC)c3n2C)cc2ccsc21.Cl. The molecule has 1 saturated heterocycles.